The molecule has 0 fully saturated rings. The number of rotatable bonds is 4. The van der Waals surface area contributed by atoms with E-state index in [4.69, 9.17) is 10.9 Å². The predicted octanol–water partition coefficient (Wildman–Crippen LogP) is -0.893. The molecule has 0 bridgehead atoms. The molecule has 0 aliphatic rings. The van der Waals surface area contributed by atoms with Crippen molar-refractivity contribution in [1.29, 1.82) is 0 Å². The van der Waals surface area contributed by atoms with E-state index < -0.39 is 6.09 Å². The first-order chi connectivity index (χ1) is 4.27. The minimum Gasteiger partial charge on any atom is -0.465 e. The van der Waals surface area contributed by atoms with Crippen molar-refractivity contribution in [2.75, 3.05) is 13.1 Å². The highest BCUT2D eigenvalue weighted by molar-refractivity contribution is 5.64. The van der Waals surface area contributed by atoms with Crippen LogP contribution in [-0.2, 0) is 0 Å². The second-order valence-corrected chi connectivity index (χ2v) is 1.54. The molecule has 0 unspecified atom stereocenters. The molecular formula is C4H11N3O2. The molecule has 5 nitrogen and oxygen atoms in total. The zero-order valence-electron chi connectivity index (χ0n) is 5.05. The summed E-state index contributed by atoms with van der Waals surface area (Å²) < 4.78 is 0. The van der Waals surface area contributed by atoms with Gasteiger partial charge in [0.1, 0.15) is 0 Å². The van der Waals surface area contributed by atoms with Gasteiger partial charge in [0.15, 0.2) is 0 Å². The Bertz CT molecular complexity index is 85.9. The monoisotopic (exact) mass is 133 g/mol. The van der Waals surface area contributed by atoms with Crippen LogP contribution in [-0.4, -0.2) is 24.3 Å². The van der Waals surface area contributed by atoms with Gasteiger partial charge < -0.3 is 10.4 Å². The lowest BCUT2D eigenvalue weighted by Crippen LogP contribution is -2.28. The average Bonchev–Trinajstić information content (AvgIpc) is 1.80. The third-order valence-electron chi connectivity index (χ3n) is 0.774. The van der Waals surface area contributed by atoms with Crippen LogP contribution in [0.4, 0.5) is 4.79 Å². The number of hydrazine groups is 1. The van der Waals surface area contributed by atoms with Crippen molar-refractivity contribution < 1.29 is 9.90 Å². The minimum atomic E-state index is -0.993. The highest BCUT2D eigenvalue weighted by atomic mass is 16.4. The van der Waals surface area contributed by atoms with Crippen molar-refractivity contribution in [2.45, 2.75) is 6.42 Å². The van der Waals surface area contributed by atoms with Crippen LogP contribution in [0.1, 0.15) is 6.42 Å². The normalized spacial score (nSPS) is 9.00. The van der Waals surface area contributed by atoms with E-state index in [1.807, 2.05) is 0 Å². The van der Waals surface area contributed by atoms with Crippen molar-refractivity contribution in [2.24, 2.45) is 5.84 Å². The lowest BCUT2D eigenvalue weighted by Gasteiger charge is -1.98. The summed E-state index contributed by atoms with van der Waals surface area (Å²) in [6, 6.07) is 0. The smallest absolute Gasteiger partial charge is 0.404 e. The topological polar surface area (TPSA) is 87.4 Å². The molecule has 0 atom stereocenters. The van der Waals surface area contributed by atoms with Gasteiger partial charge in [-0.3, -0.25) is 11.3 Å². The lowest BCUT2D eigenvalue weighted by molar-refractivity contribution is 0.194. The van der Waals surface area contributed by atoms with Gasteiger partial charge in [0.2, 0.25) is 0 Å². The predicted molar refractivity (Wildman–Crippen MR) is 32.8 cm³/mol. The second-order valence-electron chi connectivity index (χ2n) is 1.54. The van der Waals surface area contributed by atoms with Crippen molar-refractivity contribution in [3.63, 3.8) is 0 Å². The maximum absolute atomic E-state index is 9.80. The van der Waals surface area contributed by atoms with Crippen molar-refractivity contribution in [3.8, 4) is 0 Å². The molecule has 1 amide bonds. The lowest BCUT2D eigenvalue weighted by atomic mass is 10.4. The molecule has 5 heteroatoms. The second kappa shape index (κ2) is 5.33. The van der Waals surface area contributed by atoms with E-state index in [0.717, 1.165) is 0 Å². The quantitative estimate of drug-likeness (QED) is 0.227. The largest absolute Gasteiger partial charge is 0.465 e. The summed E-state index contributed by atoms with van der Waals surface area (Å²) in [7, 11) is 0. The van der Waals surface area contributed by atoms with Gasteiger partial charge in [0, 0.05) is 13.1 Å². The van der Waals surface area contributed by atoms with Crippen LogP contribution in [0.2, 0.25) is 0 Å². The summed E-state index contributed by atoms with van der Waals surface area (Å²) in [6.45, 7) is 1.07. The number of carbonyl (C=O) groups is 1. The Morgan fingerprint density at radius 3 is 2.67 bits per heavy atom. The van der Waals surface area contributed by atoms with Crippen molar-refractivity contribution in [1.82, 2.24) is 10.7 Å². The Balaban J connectivity index is 2.83. The molecular weight excluding hydrogens is 122 g/mol. The van der Waals surface area contributed by atoms with Gasteiger partial charge in [0.05, 0.1) is 0 Å². The SMILES string of the molecule is NNCCCNC(=O)O. The Kier molecular flexibility index (Phi) is 4.85. The third-order valence-corrected chi connectivity index (χ3v) is 0.774. The highest BCUT2D eigenvalue weighted by Crippen LogP contribution is 1.69. The molecule has 0 aliphatic carbocycles. The zero-order valence-corrected chi connectivity index (χ0v) is 5.05. The summed E-state index contributed by atoms with van der Waals surface area (Å²) in [5.74, 6) is 4.92. The average molecular weight is 133 g/mol. The standard InChI is InChI=1S/C4H11N3O2/c5-7-3-1-2-6-4(8)9/h6-7H,1-3,5H2,(H,8,9). The van der Waals surface area contributed by atoms with Crippen molar-refractivity contribution >= 4 is 6.09 Å². The molecule has 0 aromatic rings. The van der Waals surface area contributed by atoms with Crippen LogP contribution in [0.3, 0.4) is 0 Å². The van der Waals surface area contributed by atoms with Gasteiger partial charge >= 0.3 is 6.09 Å². The first kappa shape index (κ1) is 8.19. The molecule has 0 aliphatic heterocycles. The molecule has 0 aromatic heterocycles. The molecule has 0 saturated carbocycles. The van der Waals surface area contributed by atoms with Gasteiger partial charge in [0.25, 0.3) is 0 Å². The number of hydrogen-bond acceptors (Lipinski definition) is 3. The summed E-state index contributed by atoms with van der Waals surface area (Å²) in [5, 5.41) is 10.3. The van der Waals surface area contributed by atoms with Crippen LogP contribution in [0.5, 0.6) is 0 Å². The van der Waals surface area contributed by atoms with Crippen LogP contribution in [0.15, 0.2) is 0 Å². The zero-order chi connectivity index (χ0) is 7.11. The number of nitrogens with one attached hydrogen (secondary N) is 2. The summed E-state index contributed by atoms with van der Waals surface area (Å²) in [6.07, 6.45) is -0.282. The molecule has 54 valence electrons. The fourth-order valence-corrected chi connectivity index (χ4v) is 0.386. The van der Waals surface area contributed by atoms with E-state index in [0.29, 0.717) is 19.5 Å². The maximum Gasteiger partial charge on any atom is 0.404 e. The summed E-state index contributed by atoms with van der Waals surface area (Å²) >= 11 is 0. The van der Waals surface area contributed by atoms with Crippen LogP contribution >= 0.6 is 0 Å². The first-order valence-corrected chi connectivity index (χ1v) is 2.67. The van der Waals surface area contributed by atoms with E-state index in [1.165, 1.54) is 0 Å². The minimum absolute atomic E-state index is 0.444. The molecule has 0 saturated heterocycles. The fraction of sp³-hybridized carbons (Fsp3) is 0.750. The Hall–Kier alpha value is -0.810. The molecule has 0 radical (unpaired) electrons. The number of hydrogen-bond donors (Lipinski definition) is 4. The van der Waals surface area contributed by atoms with Gasteiger partial charge in [-0.1, -0.05) is 0 Å². The Labute approximate surface area is 53.2 Å². The van der Waals surface area contributed by atoms with E-state index >= 15 is 0 Å². The van der Waals surface area contributed by atoms with E-state index in [2.05, 4.69) is 10.7 Å². The fourth-order valence-electron chi connectivity index (χ4n) is 0.386. The van der Waals surface area contributed by atoms with Crippen LogP contribution < -0.4 is 16.6 Å². The molecule has 5 N–H and O–H groups in total. The van der Waals surface area contributed by atoms with Gasteiger partial charge in [-0.15, -0.1) is 0 Å². The van der Waals surface area contributed by atoms with Gasteiger partial charge in [-0.25, -0.2) is 4.79 Å². The maximum atomic E-state index is 9.80. The van der Waals surface area contributed by atoms with Crippen LogP contribution in [0, 0.1) is 0 Å². The molecule has 0 heterocycles. The van der Waals surface area contributed by atoms with E-state index in [1.54, 1.807) is 0 Å². The van der Waals surface area contributed by atoms with E-state index in [-0.39, 0.29) is 0 Å². The summed E-state index contributed by atoms with van der Waals surface area (Å²) in [4.78, 5) is 9.80. The highest BCUT2D eigenvalue weighted by Gasteiger charge is 1.90. The van der Waals surface area contributed by atoms with Crippen molar-refractivity contribution in [3.05, 3.63) is 0 Å². The van der Waals surface area contributed by atoms with Gasteiger partial charge in [-0.05, 0) is 6.42 Å². The molecule has 0 rings (SSSR count). The summed E-state index contributed by atoms with van der Waals surface area (Å²) in [5.41, 5.74) is 2.41. The molecule has 0 spiro atoms. The Morgan fingerprint density at radius 2 is 2.22 bits per heavy atom. The first-order valence-electron chi connectivity index (χ1n) is 2.67. The number of nitrogens with two attached hydrogens (primary N) is 1. The Morgan fingerprint density at radius 1 is 1.56 bits per heavy atom. The number of carboxylic acid groups (broad SMARTS) is 1. The number of amides is 1. The molecule has 0 aromatic carbocycles. The third kappa shape index (κ3) is 7.19. The van der Waals surface area contributed by atoms with Crippen LogP contribution in [0.25, 0.3) is 0 Å². The van der Waals surface area contributed by atoms with Gasteiger partial charge in [-0.2, -0.15) is 0 Å². The van der Waals surface area contributed by atoms with E-state index in [9.17, 15) is 4.79 Å². The molecule has 9 heavy (non-hydrogen) atoms.